The zero-order valence-electron chi connectivity index (χ0n) is 15.7. The molecule has 1 aromatic heterocycles. The molecule has 28 heavy (non-hydrogen) atoms. The average molecular weight is 395 g/mol. The van der Waals surface area contributed by atoms with Crippen molar-refractivity contribution >= 4 is 40.6 Å². The molecule has 0 aliphatic heterocycles. The maximum Gasteiger partial charge on any atom is 0.274 e. The fourth-order valence-electron chi connectivity index (χ4n) is 2.71. The summed E-state index contributed by atoms with van der Waals surface area (Å²) in [6, 6.07) is 12.2. The van der Waals surface area contributed by atoms with Crippen LogP contribution in [0.1, 0.15) is 38.9 Å². The number of benzene rings is 2. The number of anilines is 3. The molecule has 142 valence electrons. The van der Waals surface area contributed by atoms with Crippen molar-refractivity contribution in [1.82, 2.24) is 9.97 Å². The van der Waals surface area contributed by atoms with Gasteiger partial charge in [0.05, 0.1) is 10.7 Å². The van der Waals surface area contributed by atoms with Gasteiger partial charge in [-0.2, -0.15) is 0 Å². The molecule has 1 amide bonds. The summed E-state index contributed by atoms with van der Waals surface area (Å²) in [5, 5.41) is 6.30. The Balaban J connectivity index is 1.77. The fraction of sp³-hybridized carbons (Fsp3) is 0.143. The average Bonchev–Trinajstić information content (AvgIpc) is 2.65. The van der Waals surface area contributed by atoms with E-state index in [2.05, 4.69) is 20.6 Å². The minimum Gasteiger partial charge on any atom is -0.324 e. The lowest BCUT2D eigenvalue weighted by Gasteiger charge is -2.12. The molecule has 0 unspecified atom stereocenters. The van der Waals surface area contributed by atoms with Gasteiger partial charge in [0.15, 0.2) is 5.78 Å². The third-order valence-corrected chi connectivity index (χ3v) is 4.40. The summed E-state index contributed by atoms with van der Waals surface area (Å²) < 4.78 is 0. The molecule has 6 nitrogen and oxygen atoms in total. The molecule has 0 saturated heterocycles. The minimum atomic E-state index is -0.383. The number of rotatable bonds is 5. The molecule has 0 saturated carbocycles. The second-order valence-electron chi connectivity index (χ2n) is 6.42. The first-order valence-electron chi connectivity index (χ1n) is 8.62. The summed E-state index contributed by atoms with van der Waals surface area (Å²) in [6.45, 7) is 5.33. The van der Waals surface area contributed by atoms with Crippen molar-refractivity contribution in [3.8, 4) is 0 Å². The Bertz CT molecular complexity index is 1030. The van der Waals surface area contributed by atoms with Crippen LogP contribution in [0.15, 0.2) is 48.7 Å². The minimum absolute atomic E-state index is 0.00784. The Morgan fingerprint density at radius 2 is 1.75 bits per heavy atom. The van der Waals surface area contributed by atoms with E-state index in [1.165, 1.54) is 19.2 Å². The Hall–Kier alpha value is -3.25. The fourth-order valence-corrected chi connectivity index (χ4v) is 3.08. The normalized spacial score (nSPS) is 10.4. The number of amides is 1. The Kier molecular flexibility index (Phi) is 5.70. The monoisotopic (exact) mass is 394 g/mol. The largest absolute Gasteiger partial charge is 0.324 e. The number of nitrogens with zero attached hydrogens (tertiary/aromatic N) is 2. The molecule has 0 bridgehead atoms. The molecule has 0 aliphatic carbocycles. The summed E-state index contributed by atoms with van der Waals surface area (Å²) >= 11 is 6.26. The SMILES string of the molecule is CC(=O)c1ccc(Nc2nccc(C(=O)Nc3c(C)cc(C)cc3Cl)n2)cc1. The first-order valence-corrected chi connectivity index (χ1v) is 9.00. The number of aryl methyl sites for hydroxylation is 2. The molecule has 1 heterocycles. The van der Waals surface area contributed by atoms with Crippen molar-refractivity contribution in [2.24, 2.45) is 0 Å². The van der Waals surface area contributed by atoms with Crippen LogP contribution in [-0.2, 0) is 0 Å². The number of hydrogen-bond acceptors (Lipinski definition) is 5. The zero-order chi connectivity index (χ0) is 20.3. The van der Waals surface area contributed by atoms with Crippen molar-refractivity contribution < 1.29 is 9.59 Å². The smallest absolute Gasteiger partial charge is 0.274 e. The summed E-state index contributed by atoms with van der Waals surface area (Å²) in [4.78, 5) is 32.3. The maximum absolute atomic E-state index is 12.6. The molecular weight excluding hydrogens is 376 g/mol. The van der Waals surface area contributed by atoms with E-state index < -0.39 is 0 Å². The van der Waals surface area contributed by atoms with Crippen LogP contribution in [0.25, 0.3) is 0 Å². The standard InChI is InChI=1S/C21H19ClN4O2/c1-12-10-13(2)19(17(22)11-12)26-20(28)18-8-9-23-21(25-18)24-16-6-4-15(5-7-16)14(3)27/h4-11H,1-3H3,(H,26,28)(H,23,24,25). The van der Waals surface area contributed by atoms with Gasteiger partial charge < -0.3 is 10.6 Å². The van der Waals surface area contributed by atoms with Crippen molar-refractivity contribution in [2.75, 3.05) is 10.6 Å². The molecular formula is C21H19ClN4O2. The van der Waals surface area contributed by atoms with Gasteiger partial charge >= 0.3 is 0 Å². The molecule has 2 N–H and O–H groups in total. The Morgan fingerprint density at radius 3 is 2.39 bits per heavy atom. The molecule has 0 fully saturated rings. The highest BCUT2D eigenvalue weighted by molar-refractivity contribution is 6.34. The predicted octanol–water partition coefficient (Wildman–Crippen LogP) is 4.95. The van der Waals surface area contributed by atoms with Gasteiger partial charge in [0, 0.05) is 17.4 Å². The number of carbonyl (C=O) groups is 2. The number of halogens is 1. The third-order valence-electron chi connectivity index (χ3n) is 4.11. The third kappa shape index (κ3) is 4.53. The molecule has 2 aromatic carbocycles. The highest BCUT2D eigenvalue weighted by Crippen LogP contribution is 2.27. The van der Waals surface area contributed by atoms with E-state index in [0.29, 0.717) is 22.0 Å². The molecule has 3 rings (SSSR count). The molecule has 0 spiro atoms. The molecule has 0 aliphatic rings. The van der Waals surface area contributed by atoms with Gasteiger partial charge in [0.2, 0.25) is 5.95 Å². The lowest BCUT2D eigenvalue weighted by atomic mass is 10.1. The van der Waals surface area contributed by atoms with Crippen LogP contribution in [-0.4, -0.2) is 21.7 Å². The van der Waals surface area contributed by atoms with Crippen LogP contribution in [0.3, 0.4) is 0 Å². The van der Waals surface area contributed by atoms with Gasteiger partial charge in [-0.1, -0.05) is 17.7 Å². The number of aromatic nitrogens is 2. The second-order valence-corrected chi connectivity index (χ2v) is 6.82. The zero-order valence-corrected chi connectivity index (χ0v) is 16.5. The summed E-state index contributed by atoms with van der Waals surface area (Å²) in [7, 11) is 0. The highest BCUT2D eigenvalue weighted by atomic mass is 35.5. The van der Waals surface area contributed by atoms with E-state index >= 15 is 0 Å². The molecule has 0 radical (unpaired) electrons. The summed E-state index contributed by atoms with van der Waals surface area (Å²) in [5.74, 6) is -0.118. The summed E-state index contributed by atoms with van der Waals surface area (Å²) in [5.41, 5.74) is 3.98. The van der Waals surface area contributed by atoms with E-state index in [4.69, 9.17) is 11.6 Å². The van der Waals surface area contributed by atoms with E-state index in [-0.39, 0.29) is 23.3 Å². The van der Waals surface area contributed by atoms with Crippen molar-refractivity contribution in [1.29, 1.82) is 0 Å². The van der Waals surface area contributed by atoms with Gasteiger partial charge in [-0.15, -0.1) is 0 Å². The van der Waals surface area contributed by atoms with Crippen LogP contribution in [0.5, 0.6) is 0 Å². The Morgan fingerprint density at radius 1 is 1.04 bits per heavy atom. The maximum atomic E-state index is 12.6. The first-order chi connectivity index (χ1) is 13.3. The number of nitrogens with one attached hydrogen (secondary N) is 2. The predicted molar refractivity (Wildman–Crippen MR) is 111 cm³/mol. The highest BCUT2D eigenvalue weighted by Gasteiger charge is 2.13. The quantitative estimate of drug-likeness (QED) is 0.598. The summed E-state index contributed by atoms with van der Waals surface area (Å²) in [6.07, 6.45) is 1.50. The molecule has 0 atom stereocenters. The second kappa shape index (κ2) is 8.19. The topological polar surface area (TPSA) is 84.0 Å². The number of carbonyl (C=O) groups excluding carboxylic acids is 2. The van der Waals surface area contributed by atoms with Crippen LogP contribution >= 0.6 is 11.6 Å². The Labute approximate surface area is 168 Å². The van der Waals surface area contributed by atoms with Crippen LogP contribution in [0, 0.1) is 13.8 Å². The molecule has 3 aromatic rings. The van der Waals surface area contributed by atoms with Gasteiger partial charge in [-0.3, -0.25) is 9.59 Å². The van der Waals surface area contributed by atoms with Crippen LogP contribution < -0.4 is 10.6 Å². The van der Waals surface area contributed by atoms with Gasteiger partial charge in [0.1, 0.15) is 5.69 Å². The first kappa shape index (κ1) is 19.5. The van der Waals surface area contributed by atoms with E-state index in [1.807, 2.05) is 19.9 Å². The van der Waals surface area contributed by atoms with Gasteiger partial charge in [-0.25, -0.2) is 9.97 Å². The van der Waals surface area contributed by atoms with Crippen molar-refractivity contribution in [3.63, 3.8) is 0 Å². The van der Waals surface area contributed by atoms with Crippen molar-refractivity contribution in [3.05, 3.63) is 76.1 Å². The lowest BCUT2D eigenvalue weighted by molar-refractivity contribution is 0.101. The van der Waals surface area contributed by atoms with E-state index in [1.54, 1.807) is 30.3 Å². The number of Topliss-reactive ketones (excluding diaryl/α,β-unsaturated/α-hetero) is 1. The van der Waals surface area contributed by atoms with Crippen LogP contribution in [0.2, 0.25) is 5.02 Å². The van der Waals surface area contributed by atoms with Crippen LogP contribution in [0.4, 0.5) is 17.3 Å². The van der Waals surface area contributed by atoms with E-state index in [9.17, 15) is 9.59 Å². The molecule has 7 heteroatoms. The number of ketones is 1. The van der Waals surface area contributed by atoms with Gasteiger partial charge in [0.25, 0.3) is 5.91 Å². The number of hydrogen-bond donors (Lipinski definition) is 2. The lowest BCUT2D eigenvalue weighted by Crippen LogP contribution is -2.16. The van der Waals surface area contributed by atoms with Crippen molar-refractivity contribution in [2.45, 2.75) is 20.8 Å². The van der Waals surface area contributed by atoms with E-state index in [0.717, 1.165) is 11.1 Å². The van der Waals surface area contributed by atoms with Gasteiger partial charge in [-0.05, 0) is 68.3 Å².